The second-order valence-corrected chi connectivity index (χ2v) is 3.31. The number of halogens is 3. The summed E-state index contributed by atoms with van der Waals surface area (Å²) >= 11 is 0. The fourth-order valence-corrected chi connectivity index (χ4v) is 0.682. The smallest absolute Gasteiger partial charge is 0.413 e. The Labute approximate surface area is 72.3 Å². The summed E-state index contributed by atoms with van der Waals surface area (Å²) in [7, 11) is -4.61. The first kappa shape index (κ1) is 12.5. The Morgan fingerprint density at radius 3 is 2.31 bits per heavy atom. The van der Waals surface area contributed by atoms with Gasteiger partial charge in [0.15, 0.2) is 0 Å². The van der Waals surface area contributed by atoms with Gasteiger partial charge in [0.05, 0.1) is 6.26 Å². The molecule has 0 saturated heterocycles. The molecule has 0 aliphatic carbocycles. The minimum Gasteiger partial charge on any atom is -0.413 e. The van der Waals surface area contributed by atoms with Crippen LogP contribution in [-0.2, 0) is 9.09 Å². The Hall–Kier alpha value is -0.520. The Kier molecular flexibility index (Phi) is 4.46. The SMILES string of the molecule is O=P(O)(O)OC=CCCC(F)(F)F. The van der Waals surface area contributed by atoms with Crippen LogP contribution in [-0.4, -0.2) is 16.0 Å². The molecule has 13 heavy (non-hydrogen) atoms. The molecular formula is C5H8F3O4P. The van der Waals surface area contributed by atoms with Crippen molar-refractivity contribution in [3.63, 3.8) is 0 Å². The van der Waals surface area contributed by atoms with Crippen LogP contribution in [0.2, 0.25) is 0 Å². The van der Waals surface area contributed by atoms with Gasteiger partial charge in [0.1, 0.15) is 0 Å². The van der Waals surface area contributed by atoms with Crippen LogP contribution < -0.4 is 0 Å². The van der Waals surface area contributed by atoms with Gasteiger partial charge in [0.25, 0.3) is 0 Å². The summed E-state index contributed by atoms with van der Waals surface area (Å²) in [6, 6.07) is 0. The number of hydrogen-bond acceptors (Lipinski definition) is 2. The highest BCUT2D eigenvalue weighted by Gasteiger charge is 2.25. The fraction of sp³-hybridized carbons (Fsp3) is 0.600. The van der Waals surface area contributed by atoms with Gasteiger partial charge >= 0.3 is 14.0 Å². The number of phosphoric ester groups is 1. The summed E-state index contributed by atoms with van der Waals surface area (Å²) in [5, 5.41) is 0. The lowest BCUT2D eigenvalue weighted by Gasteiger charge is -2.02. The van der Waals surface area contributed by atoms with E-state index in [1.54, 1.807) is 0 Å². The van der Waals surface area contributed by atoms with E-state index in [0.717, 1.165) is 6.08 Å². The molecule has 2 N–H and O–H groups in total. The van der Waals surface area contributed by atoms with Crippen molar-refractivity contribution in [2.24, 2.45) is 0 Å². The van der Waals surface area contributed by atoms with Gasteiger partial charge < -0.3 is 4.52 Å². The molecule has 0 aliphatic heterocycles. The first-order chi connectivity index (χ1) is 5.71. The van der Waals surface area contributed by atoms with Crippen molar-refractivity contribution in [1.82, 2.24) is 0 Å². The summed E-state index contributed by atoms with van der Waals surface area (Å²) in [5.74, 6) is 0. The first-order valence-electron chi connectivity index (χ1n) is 3.16. The van der Waals surface area contributed by atoms with Crippen LogP contribution in [0.25, 0.3) is 0 Å². The van der Waals surface area contributed by atoms with Gasteiger partial charge in [-0.25, -0.2) is 4.57 Å². The van der Waals surface area contributed by atoms with Crippen molar-refractivity contribution in [3.8, 4) is 0 Å². The largest absolute Gasteiger partial charge is 0.524 e. The van der Waals surface area contributed by atoms with E-state index in [9.17, 15) is 17.7 Å². The molecule has 0 aromatic rings. The van der Waals surface area contributed by atoms with Crippen LogP contribution in [0, 0.1) is 0 Å². The molecule has 4 nitrogen and oxygen atoms in total. The van der Waals surface area contributed by atoms with Gasteiger partial charge in [0, 0.05) is 6.42 Å². The average molecular weight is 220 g/mol. The summed E-state index contributed by atoms with van der Waals surface area (Å²) in [6.45, 7) is 0. The maximum atomic E-state index is 11.5. The zero-order valence-electron chi connectivity index (χ0n) is 6.36. The highest BCUT2D eigenvalue weighted by Crippen LogP contribution is 2.36. The summed E-state index contributed by atoms with van der Waals surface area (Å²) < 4.78 is 48.2. The predicted octanol–water partition coefficient (Wildman–Crippen LogP) is 1.95. The molecule has 0 aliphatic rings. The topological polar surface area (TPSA) is 66.8 Å². The molecule has 0 radical (unpaired) electrons. The maximum absolute atomic E-state index is 11.5. The van der Waals surface area contributed by atoms with E-state index in [1.165, 1.54) is 0 Å². The second kappa shape index (κ2) is 4.64. The lowest BCUT2D eigenvalue weighted by molar-refractivity contribution is -0.133. The van der Waals surface area contributed by atoms with Gasteiger partial charge in [-0.2, -0.15) is 13.2 Å². The molecule has 0 atom stereocenters. The van der Waals surface area contributed by atoms with Crippen molar-refractivity contribution in [3.05, 3.63) is 12.3 Å². The molecule has 8 heteroatoms. The Morgan fingerprint density at radius 2 is 1.92 bits per heavy atom. The molecule has 0 fully saturated rings. The van der Waals surface area contributed by atoms with Crippen LogP contribution in [0.15, 0.2) is 12.3 Å². The predicted molar refractivity (Wildman–Crippen MR) is 37.6 cm³/mol. The molecule has 78 valence electrons. The van der Waals surface area contributed by atoms with E-state index in [2.05, 4.69) is 4.52 Å². The first-order valence-corrected chi connectivity index (χ1v) is 4.69. The van der Waals surface area contributed by atoms with Crippen molar-refractivity contribution < 1.29 is 32.0 Å². The maximum Gasteiger partial charge on any atom is 0.524 e. The standard InChI is InChI=1S/C5H8F3O4P/c6-5(7,8)3-1-2-4-12-13(9,10)11/h2,4H,1,3H2,(H2,9,10,11). The molecule has 0 aromatic carbocycles. The van der Waals surface area contributed by atoms with E-state index < -0.39 is 20.4 Å². The van der Waals surface area contributed by atoms with Gasteiger partial charge in [-0.05, 0) is 12.5 Å². The molecule has 0 amide bonds. The minimum absolute atomic E-state index is 0.372. The van der Waals surface area contributed by atoms with Crippen LogP contribution in [0.1, 0.15) is 12.8 Å². The van der Waals surface area contributed by atoms with Crippen LogP contribution in [0.3, 0.4) is 0 Å². The number of rotatable bonds is 4. The molecular weight excluding hydrogens is 212 g/mol. The molecule has 0 saturated carbocycles. The third-order valence-electron chi connectivity index (χ3n) is 0.889. The van der Waals surface area contributed by atoms with E-state index in [4.69, 9.17) is 9.79 Å². The number of allylic oxidation sites excluding steroid dienone is 1. The van der Waals surface area contributed by atoms with Gasteiger partial charge in [-0.15, -0.1) is 0 Å². The third-order valence-corrected chi connectivity index (χ3v) is 1.29. The average Bonchev–Trinajstić information content (AvgIpc) is 1.81. The highest BCUT2D eigenvalue weighted by atomic mass is 31.2. The highest BCUT2D eigenvalue weighted by molar-refractivity contribution is 7.46. The van der Waals surface area contributed by atoms with E-state index >= 15 is 0 Å². The van der Waals surface area contributed by atoms with Crippen molar-refractivity contribution in [2.45, 2.75) is 19.0 Å². The minimum atomic E-state index is -4.61. The molecule has 0 aromatic heterocycles. The Balaban J connectivity index is 3.61. The zero-order chi connectivity index (χ0) is 10.5. The fourth-order valence-electron chi connectivity index (χ4n) is 0.437. The van der Waals surface area contributed by atoms with E-state index in [-0.39, 0.29) is 6.42 Å². The summed E-state index contributed by atoms with van der Waals surface area (Å²) in [6.07, 6.45) is -4.23. The van der Waals surface area contributed by atoms with Crippen LogP contribution >= 0.6 is 7.82 Å². The normalized spacial score (nSPS) is 13.6. The van der Waals surface area contributed by atoms with Gasteiger partial charge in [-0.1, -0.05) is 0 Å². The van der Waals surface area contributed by atoms with Crippen molar-refractivity contribution in [2.75, 3.05) is 0 Å². The van der Waals surface area contributed by atoms with Gasteiger partial charge in [-0.3, -0.25) is 9.79 Å². The lowest BCUT2D eigenvalue weighted by Crippen LogP contribution is -2.05. The van der Waals surface area contributed by atoms with Crippen LogP contribution in [0.4, 0.5) is 13.2 Å². The number of phosphoric acid groups is 1. The zero-order valence-corrected chi connectivity index (χ0v) is 7.26. The Morgan fingerprint density at radius 1 is 1.38 bits per heavy atom. The molecule has 0 bridgehead atoms. The van der Waals surface area contributed by atoms with Crippen LogP contribution in [0.5, 0.6) is 0 Å². The lowest BCUT2D eigenvalue weighted by atomic mass is 10.3. The third kappa shape index (κ3) is 11.5. The summed E-state index contributed by atoms with van der Waals surface area (Å²) in [4.78, 5) is 16.2. The van der Waals surface area contributed by atoms with Gasteiger partial charge in [0.2, 0.25) is 0 Å². The Bertz CT molecular complexity index is 218. The van der Waals surface area contributed by atoms with Crippen molar-refractivity contribution >= 4 is 7.82 Å². The summed E-state index contributed by atoms with van der Waals surface area (Å²) in [5.41, 5.74) is 0. The van der Waals surface area contributed by atoms with E-state index in [1.807, 2.05) is 0 Å². The molecule has 0 unspecified atom stereocenters. The number of alkyl halides is 3. The quantitative estimate of drug-likeness (QED) is 0.561. The monoisotopic (exact) mass is 220 g/mol. The van der Waals surface area contributed by atoms with Crippen molar-refractivity contribution in [1.29, 1.82) is 0 Å². The number of hydrogen-bond donors (Lipinski definition) is 2. The molecule has 0 heterocycles. The van der Waals surface area contributed by atoms with E-state index in [0.29, 0.717) is 6.26 Å². The molecule has 0 rings (SSSR count). The molecule has 0 spiro atoms. The second-order valence-electron chi connectivity index (χ2n) is 2.12.